The van der Waals surface area contributed by atoms with Crippen LogP contribution in [0.15, 0.2) is 38.0 Å². The minimum absolute atomic E-state index is 0.0936. The summed E-state index contributed by atoms with van der Waals surface area (Å²) >= 11 is 0. The van der Waals surface area contributed by atoms with Crippen molar-refractivity contribution in [2.75, 3.05) is 14.2 Å². The van der Waals surface area contributed by atoms with Gasteiger partial charge in [0.1, 0.15) is 18.1 Å². The average Bonchev–Trinajstić information content (AvgIpc) is 3.10. The number of allylic oxidation sites excluding steroid dienone is 3. The Morgan fingerprint density at radius 2 is 0.877 bits per heavy atom. The van der Waals surface area contributed by atoms with Crippen molar-refractivity contribution in [3.05, 3.63) is 38.0 Å². The van der Waals surface area contributed by atoms with E-state index < -0.39 is 41.4 Å². The number of amides is 2. The summed E-state index contributed by atoms with van der Waals surface area (Å²) in [5.74, 6) is -2.71. The number of nitrogens with two attached hydrogens (primary N) is 1. The lowest BCUT2D eigenvalue weighted by Gasteiger charge is -2.29. The summed E-state index contributed by atoms with van der Waals surface area (Å²) in [6.45, 7) is 27.7. The molecule has 2 amide bonds. The number of esters is 2. The van der Waals surface area contributed by atoms with Crippen molar-refractivity contribution in [1.29, 1.82) is 0 Å². The second kappa shape index (κ2) is 34.1. The van der Waals surface area contributed by atoms with E-state index in [0.29, 0.717) is 19.3 Å². The number of methoxy groups -OCH3 is 2. The van der Waals surface area contributed by atoms with E-state index in [0.717, 1.165) is 77.0 Å². The van der Waals surface area contributed by atoms with E-state index in [2.05, 4.69) is 35.1 Å². The van der Waals surface area contributed by atoms with Crippen LogP contribution in [0, 0.1) is 16.2 Å². The van der Waals surface area contributed by atoms with E-state index in [1.807, 2.05) is 59.8 Å². The number of ether oxygens (including phenoxy) is 2. The minimum atomic E-state index is -0.984. The molecule has 3 atom stereocenters. The lowest BCUT2D eigenvalue weighted by atomic mass is 9.86. The van der Waals surface area contributed by atoms with Gasteiger partial charge < -0.3 is 36.1 Å². The van der Waals surface area contributed by atoms with Gasteiger partial charge in [-0.15, -0.1) is 19.7 Å². The lowest BCUT2D eigenvalue weighted by Crippen LogP contribution is -2.49. The highest BCUT2D eigenvalue weighted by Gasteiger charge is 2.34. The number of hydrogen-bond acceptors (Lipinski definition) is 9. The molecule has 57 heavy (non-hydrogen) atoms. The van der Waals surface area contributed by atoms with Gasteiger partial charge in [-0.3, -0.25) is 19.2 Å². The van der Waals surface area contributed by atoms with Crippen LogP contribution in [0.1, 0.15) is 159 Å². The maximum Gasteiger partial charge on any atom is 0.328 e. The Labute approximate surface area is 345 Å². The Kier molecular flexibility index (Phi) is 35.7. The lowest BCUT2D eigenvalue weighted by molar-refractivity contribution is -0.148. The molecule has 0 fully saturated rings. The van der Waals surface area contributed by atoms with Crippen molar-refractivity contribution in [3.63, 3.8) is 0 Å². The average molecular weight is 812 g/mol. The third-order valence-electron chi connectivity index (χ3n) is 8.34. The molecule has 332 valence electrons. The minimum Gasteiger partial charge on any atom is -0.481 e. The third kappa shape index (κ3) is 37.3. The van der Waals surface area contributed by atoms with Crippen LogP contribution < -0.4 is 16.4 Å². The summed E-state index contributed by atoms with van der Waals surface area (Å²) in [6.07, 6.45) is 18.2. The Morgan fingerprint density at radius 1 is 0.544 bits per heavy atom. The normalized spacial score (nSPS) is 12.4. The molecule has 0 aliphatic rings. The first kappa shape index (κ1) is 59.7. The Hall–Kier alpha value is -4.00. The summed E-state index contributed by atoms with van der Waals surface area (Å²) in [4.78, 5) is 67.0. The fourth-order valence-corrected chi connectivity index (χ4v) is 4.59. The van der Waals surface area contributed by atoms with E-state index in [4.69, 9.17) is 20.7 Å². The van der Waals surface area contributed by atoms with Gasteiger partial charge in [0, 0.05) is 19.3 Å². The van der Waals surface area contributed by atoms with Crippen LogP contribution in [-0.4, -0.2) is 78.2 Å². The van der Waals surface area contributed by atoms with Crippen LogP contribution in [0.4, 0.5) is 0 Å². The topological polar surface area (TPSA) is 211 Å². The van der Waals surface area contributed by atoms with Crippen LogP contribution in [0.25, 0.3) is 0 Å². The van der Waals surface area contributed by atoms with Crippen LogP contribution in [0.5, 0.6) is 0 Å². The fourth-order valence-electron chi connectivity index (χ4n) is 4.59. The molecule has 0 saturated heterocycles. The summed E-state index contributed by atoms with van der Waals surface area (Å²) in [5.41, 5.74) is 4.48. The van der Waals surface area contributed by atoms with Crippen molar-refractivity contribution in [1.82, 2.24) is 10.6 Å². The maximum absolute atomic E-state index is 11.8. The predicted molar refractivity (Wildman–Crippen MR) is 229 cm³/mol. The van der Waals surface area contributed by atoms with E-state index in [1.54, 1.807) is 20.8 Å². The van der Waals surface area contributed by atoms with Crippen molar-refractivity contribution < 1.29 is 48.5 Å². The number of unbranched alkanes of at least 4 members (excludes halogenated alkanes) is 9. The van der Waals surface area contributed by atoms with Crippen LogP contribution in [0.2, 0.25) is 0 Å². The monoisotopic (exact) mass is 812 g/mol. The van der Waals surface area contributed by atoms with Crippen molar-refractivity contribution in [2.24, 2.45) is 22.0 Å². The molecule has 0 bridgehead atoms. The maximum atomic E-state index is 11.8. The molecule has 6 N–H and O–H groups in total. The Balaban J connectivity index is -0.000000343. The molecule has 0 saturated carbocycles. The Morgan fingerprint density at radius 3 is 1.12 bits per heavy atom. The third-order valence-corrected chi connectivity index (χ3v) is 8.34. The van der Waals surface area contributed by atoms with Gasteiger partial charge in [0.2, 0.25) is 11.8 Å². The van der Waals surface area contributed by atoms with Crippen molar-refractivity contribution >= 4 is 35.7 Å². The highest BCUT2D eigenvalue weighted by atomic mass is 16.5. The molecule has 13 nitrogen and oxygen atoms in total. The van der Waals surface area contributed by atoms with Gasteiger partial charge in [0.05, 0.1) is 14.2 Å². The largest absolute Gasteiger partial charge is 0.481 e. The molecule has 0 aromatic rings. The number of carboxylic acid groups (broad SMARTS) is 2. The number of carboxylic acids is 2. The van der Waals surface area contributed by atoms with E-state index in [9.17, 15) is 28.8 Å². The van der Waals surface area contributed by atoms with Gasteiger partial charge in [-0.25, -0.2) is 9.59 Å². The van der Waals surface area contributed by atoms with E-state index >= 15 is 0 Å². The van der Waals surface area contributed by atoms with Gasteiger partial charge in [-0.2, -0.15) is 0 Å². The number of carbonyl (C=O) groups is 6. The van der Waals surface area contributed by atoms with Gasteiger partial charge >= 0.3 is 23.9 Å². The number of carbonyl (C=O) groups excluding carboxylic acids is 4. The van der Waals surface area contributed by atoms with Gasteiger partial charge in [0.15, 0.2) is 0 Å². The summed E-state index contributed by atoms with van der Waals surface area (Å²) in [6, 6.07) is -1.96. The first-order chi connectivity index (χ1) is 26.3. The predicted octanol–water partition coefficient (Wildman–Crippen LogP) is 8.31. The smallest absolute Gasteiger partial charge is 0.328 e. The molecule has 0 aromatic carbocycles. The molecule has 0 aliphatic heterocycles. The van der Waals surface area contributed by atoms with E-state index in [1.165, 1.54) is 14.2 Å². The second-order valence-electron chi connectivity index (χ2n) is 17.0. The number of nitrogens with one attached hydrogen (secondary N) is 2. The standard InChI is InChI=1S/C15H27NO3.C14H25NO3.C8H14O2.C7H15NO2/c1-6-7-8-9-10-11-12(17)16-13(14(18)19-5)15(2,3)4;1-5-6-7-8-9-10-11(16)15-12(13(17)18)14(2,3)4;1-2-3-4-5-6-7-8(9)10;1-7(2,3)5(8)6(9)10-4/h6,13H,1,7-11H2,2-5H3,(H,16,17);5,12H,1,6-10H2,2-4H3,(H,15,16)(H,17,18);2H,1,3-7H2,(H,9,10);5H,8H2,1-4H3/t13-;12-;;5-/m11.1/s1. The molecule has 0 unspecified atom stereocenters. The number of aliphatic carboxylic acids is 2. The van der Waals surface area contributed by atoms with Gasteiger partial charge in [-0.1, -0.05) is 99.8 Å². The van der Waals surface area contributed by atoms with Gasteiger partial charge in [-0.05, 0) is 74.0 Å². The zero-order valence-electron chi connectivity index (χ0n) is 37.4. The molecular weight excluding hydrogens is 730 g/mol. The molecule has 0 spiro atoms. The van der Waals surface area contributed by atoms with Crippen LogP contribution in [0.3, 0.4) is 0 Å². The molecule has 0 aromatic heterocycles. The first-order valence-electron chi connectivity index (χ1n) is 20.0. The highest BCUT2D eigenvalue weighted by Crippen LogP contribution is 2.21. The second-order valence-corrected chi connectivity index (χ2v) is 17.0. The quantitative estimate of drug-likeness (QED) is 0.0376. The molecule has 0 rings (SSSR count). The highest BCUT2D eigenvalue weighted by molar-refractivity contribution is 5.85. The SMILES string of the molecule is C=CCCCCCC(=O)N[C@H](C(=O)O)C(C)(C)C.C=CCCCCCC(=O)N[C@H](C(=O)OC)C(C)(C)C.C=CCCCCCC(=O)O.COC(=O)[C@@H](N)C(C)(C)C. The van der Waals surface area contributed by atoms with Gasteiger partial charge in [0.25, 0.3) is 0 Å². The van der Waals surface area contributed by atoms with Crippen LogP contribution >= 0.6 is 0 Å². The van der Waals surface area contributed by atoms with E-state index in [-0.39, 0.29) is 28.6 Å². The molecule has 0 heterocycles. The number of rotatable bonds is 23. The zero-order valence-corrected chi connectivity index (χ0v) is 37.4. The summed E-state index contributed by atoms with van der Waals surface area (Å²) in [5, 5.41) is 22.7. The van der Waals surface area contributed by atoms with Crippen LogP contribution in [-0.2, 0) is 38.2 Å². The van der Waals surface area contributed by atoms with Crippen molar-refractivity contribution in [3.8, 4) is 0 Å². The molecule has 0 radical (unpaired) electrons. The molecule has 13 heteroatoms. The molecular formula is C44H81N3O10. The molecule has 0 aliphatic carbocycles. The summed E-state index contributed by atoms with van der Waals surface area (Å²) < 4.78 is 9.21. The zero-order chi connectivity index (χ0) is 45.3. The van der Waals surface area contributed by atoms with Crippen molar-refractivity contribution in [2.45, 2.75) is 177 Å². The first-order valence-corrected chi connectivity index (χ1v) is 20.0. The summed E-state index contributed by atoms with van der Waals surface area (Å²) in [7, 11) is 2.68. The fraction of sp³-hybridized carbons (Fsp3) is 0.727. The number of hydrogen-bond donors (Lipinski definition) is 5. The Bertz CT molecular complexity index is 1180.